The molecule has 90 valence electrons. The number of aliphatic hydroxyl groups is 1. The Morgan fingerprint density at radius 2 is 1.94 bits per heavy atom. The fourth-order valence-electron chi connectivity index (χ4n) is 1.85. The van der Waals surface area contributed by atoms with E-state index in [1.165, 1.54) is 18.4 Å². The minimum Gasteiger partial charge on any atom is -0.497 e. The first-order valence-electron chi connectivity index (χ1n) is 6.04. The van der Waals surface area contributed by atoms with E-state index in [-0.39, 0.29) is 6.61 Å². The van der Waals surface area contributed by atoms with Crippen molar-refractivity contribution in [2.45, 2.75) is 32.6 Å². The van der Waals surface area contributed by atoms with E-state index in [1.54, 1.807) is 7.11 Å². The van der Waals surface area contributed by atoms with Gasteiger partial charge < -0.3 is 9.84 Å². The Balaban J connectivity index is 2.49. The maximum Gasteiger partial charge on any atom is 0.118 e. The third kappa shape index (κ3) is 4.23. The van der Waals surface area contributed by atoms with Crippen LogP contribution < -0.4 is 4.74 Å². The van der Waals surface area contributed by atoms with Gasteiger partial charge in [-0.2, -0.15) is 0 Å². The number of hydrogen-bond acceptors (Lipinski definition) is 2. The topological polar surface area (TPSA) is 29.5 Å². The van der Waals surface area contributed by atoms with Gasteiger partial charge in [0.05, 0.1) is 7.11 Å². The third-order valence-corrected chi connectivity index (χ3v) is 2.91. The van der Waals surface area contributed by atoms with Gasteiger partial charge in [-0.1, -0.05) is 31.9 Å². The molecule has 0 aromatic heterocycles. The van der Waals surface area contributed by atoms with Crippen molar-refractivity contribution in [3.8, 4) is 5.75 Å². The summed E-state index contributed by atoms with van der Waals surface area (Å²) in [5.74, 6) is 1.28. The van der Waals surface area contributed by atoms with Crippen molar-refractivity contribution >= 4 is 0 Å². The Bertz CT molecular complexity index is 279. The van der Waals surface area contributed by atoms with Crippen LogP contribution in [0.4, 0.5) is 0 Å². The van der Waals surface area contributed by atoms with Gasteiger partial charge in [-0.25, -0.2) is 0 Å². The summed E-state index contributed by atoms with van der Waals surface area (Å²) in [6, 6.07) is 8.11. The molecular formula is C14H22O2. The van der Waals surface area contributed by atoms with Crippen LogP contribution in [0.2, 0.25) is 0 Å². The molecule has 1 atom stereocenters. The number of unbranched alkanes of at least 4 members (excludes halogenated alkanes) is 1. The highest BCUT2D eigenvalue weighted by Gasteiger charge is 2.07. The van der Waals surface area contributed by atoms with Gasteiger partial charge in [0.25, 0.3) is 0 Å². The molecule has 0 radical (unpaired) electrons. The molecule has 0 fully saturated rings. The lowest BCUT2D eigenvalue weighted by molar-refractivity contribution is 0.215. The second kappa shape index (κ2) is 7.29. The lowest BCUT2D eigenvalue weighted by Crippen LogP contribution is -2.09. The number of rotatable bonds is 7. The van der Waals surface area contributed by atoms with Crippen LogP contribution in [-0.2, 0) is 6.42 Å². The lowest BCUT2D eigenvalue weighted by Gasteiger charge is -2.13. The van der Waals surface area contributed by atoms with E-state index in [4.69, 9.17) is 4.74 Å². The average molecular weight is 222 g/mol. The molecule has 0 aliphatic heterocycles. The van der Waals surface area contributed by atoms with Crippen LogP contribution in [0.25, 0.3) is 0 Å². The molecule has 0 saturated carbocycles. The van der Waals surface area contributed by atoms with Gasteiger partial charge in [-0.05, 0) is 36.5 Å². The van der Waals surface area contributed by atoms with E-state index in [0.29, 0.717) is 5.92 Å². The molecule has 0 aliphatic carbocycles. The van der Waals surface area contributed by atoms with Crippen LogP contribution >= 0.6 is 0 Å². The largest absolute Gasteiger partial charge is 0.497 e. The summed E-state index contributed by atoms with van der Waals surface area (Å²) < 4.78 is 5.12. The standard InChI is InChI=1S/C14H22O2/c1-3-4-5-13(11-15)10-12-6-8-14(16-2)9-7-12/h6-9,13,15H,3-5,10-11H2,1-2H3. The normalized spacial score (nSPS) is 12.4. The summed E-state index contributed by atoms with van der Waals surface area (Å²) in [7, 11) is 1.67. The SMILES string of the molecule is CCCCC(CO)Cc1ccc(OC)cc1. The van der Waals surface area contributed by atoms with Gasteiger partial charge in [0.15, 0.2) is 0 Å². The Hall–Kier alpha value is -1.02. The molecule has 0 amide bonds. The van der Waals surface area contributed by atoms with E-state index in [0.717, 1.165) is 18.6 Å². The molecule has 2 heteroatoms. The molecule has 0 spiro atoms. The van der Waals surface area contributed by atoms with Crippen molar-refractivity contribution in [3.63, 3.8) is 0 Å². The summed E-state index contributed by atoms with van der Waals surface area (Å²) in [6.45, 7) is 2.47. The zero-order chi connectivity index (χ0) is 11.8. The lowest BCUT2D eigenvalue weighted by atomic mass is 9.95. The molecule has 16 heavy (non-hydrogen) atoms. The molecule has 0 bridgehead atoms. The van der Waals surface area contributed by atoms with Crippen LogP contribution in [0, 0.1) is 5.92 Å². The van der Waals surface area contributed by atoms with Crippen molar-refractivity contribution in [3.05, 3.63) is 29.8 Å². The molecule has 1 aromatic rings. The first-order valence-corrected chi connectivity index (χ1v) is 6.04. The fraction of sp³-hybridized carbons (Fsp3) is 0.571. The number of hydrogen-bond donors (Lipinski definition) is 1. The Morgan fingerprint density at radius 3 is 2.44 bits per heavy atom. The van der Waals surface area contributed by atoms with Gasteiger partial charge in [0, 0.05) is 6.61 Å². The van der Waals surface area contributed by atoms with Crippen molar-refractivity contribution in [2.24, 2.45) is 5.92 Å². The minimum atomic E-state index is 0.284. The van der Waals surface area contributed by atoms with Crippen LogP contribution in [0.15, 0.2) is 24.3 Å². The maximum atomic E-state index is 9.29. The zero-order valence-corrected chi connectivity index (χ0v) is 10.3. The second-order valence-corrected chi connectivity index (χ2v) is 4.24. The van der Waals surface area contributed by atoms with Crippen LogP contribution in [0.1, 0.15) is 31.7 Å². The molecule has 0 heterocycles. The molecule has 1 N–H and O–H groups in total. The monoisotopic (exact) mass is 222 g/mol. The number of ether oxygens (including phenoxy) is 1. The molecule has 1 rings (SSSR count). The van der Waals surface area contributed by atoms with E-state index < -0.39 is 0 Å². The van der Waals surface area contributed by atoms with Gasteiger partial charge in [-0.3, -0.25) is 0 Å². The molecule has 1 unspecified atom stereocenters. The highest BCUT2D eigenvalue weighted by atomic mass is 16.5. The highest BCUT2D eigenvalue weighted by Crippen LogP contribution is 2.17. The zero-order valence-electron chi connectivity index (χ0n) is 10.3. The predicted molar refractivity (Wildman–Crippen MR) is 66.8 cm³/mol. The molecular weight excluding hydrogens is 200 g/mol. The third-order valence-electron chi connectivity index (χ3n) is 2.91. The number of aliphatic hydroxyl groups excluding tert-OH is 1. The molecule has 0 aliphatic rings. The summed E-state index contributed by atoms with van der Waals surface area (Å²) in [5.41, 5.74) is 1.27. The van der Waals surface area contributed by atoms with Gasteiger partial charge >= 0.3 is 0 Å². The summed E-state index contributed by atoms with van der Waals surface area (Å²) in [5, 5.41) is 9.29. The average Bonchev–Trinajstić information content (AvgIpc) is 2.35. The predicted octanol–water partition coefficient (Wildman–Crippen LogP) is 3.04. The number of benzene rings is 1. The van der Waals surface area contributed by atoms with Gasteiger partial charge in [0.1, 0.15) is 5.75 Å². The van der Waals surface area contributed by atoms with Gasteiger partial charge in [-0.15, -0.1) is 0 Å². The minimum absolute atomic E-state index is 0.284. The van der Waals surface area contributed by atoms with Crippen LogP contribution in [-0.4, -0.2) is 18.8 Å². The highest BCUT2D eigenvalue weighted by molar-refractivity contribution is 5.27. The Kier molecular flexibility index (Phi) is 5.94. The summed E-state index contributed by atoms with van der Waals surface area (Å²) in [4.78, 5) is 0. The van der Waals surface area contributed by atoms with E-state index in [1.807, 2.05) is 12.1 Å². The van der Waals surface area contributed by atoms with Crippen molar-refractivity contribution in [2.75, 3.05) is 13.7 Å². The Morgan fingerprint density at radius 1 is 1.25 bits per heavy atom. The van der Waals surface area contributed by atoms with Crippen molar-refractivity contribution < 1.29 is 9.84 Å². The van der Waals surface area contributed by atoms with Crippen LogP contribution in [0.3, 0.4) is 0 Å². The van der Waals surface area contributed by atoms with Crippen molar-refractivity contribution in [1.29, 1.82) is 0 Å². The van der Waals surface area contributed by atoms with Crippen LogP contribution in [0.5, 0.6) is 5.75 Å². The summed E-state index contributed by atoms with van der Waals surface area (Å²) in [6.07, 6.45) is 4.46. The first-order chi connectivity index (χ1) is 7.80. The molecule has 1 aromatic carbocycles. The number of methoxy groups -OCH3 is 1. The fourth-order valence-corrected chi connectivity index (χ4v) is 1.85. The van der Waals surface area contributed by atoms with Gasteiger partial charge in [0.2, 0.25) is 0 Å². The quantitative estimate of drug-likeness (QED) is 0.768. The van der Waals surface area contributed by atoms with E-state index in [2.05, 4.69) is 19.1 Å². The second-order valence-electron chi connectivity index (χ2n) is 4.24. The maximum absolute atomic E-state index is 9.29. The molecule has 2 nitrogen and oxygen atoms in total. The molecule has 0 saturated heterocycles. The summed E-state index contributed by atoms with van der Waals surface area (Å²) >= 11 is 0. The van der Waals surface area contributed by atoms with E-state index in [9.17, 15) is 5.11 Å². The van der Waals surface area contributed by atoms with E-state index >= 15 is 0 Å². The first kappa shape index (κ1) is 13.0. The Labute approximate surface area is 98.3 Å². The smallest absolute Gasteiger partial charge is 0.118 e. The van der Waals surface area contributed by atoms with Crippen molar-refractivity contribution in [1.82, 2.24) is 0 Å².